The molecule has 4 nitrogen and oxygen atoms in total. The number of amides is 1. The number of nitrogens with zero attached hydrogens (tertiary/aromatic N) is 2. The summed E-state index contributed by atoms with van der Waals surface area (Å²) >= 11 is 0. The van der Waals surface area contributed by atoms with Gasteiger partial charge in [0, 0.05) is 36.5 Å². The van der Waals surface area contributed by atoms with Crippen molar-refractivity contribution >= 4 is 5.91 Å². The van der Waals surface area contributed by atoms with Crippen molar-refractivity contribution in [1.82, 2.24) is 9.80 Å². The Labute approximate surface area is 217 Å². The van der Waals surface area contributed by atoms with E-state index in [-0.39, 0.29) is 11.1 Å². The van der Waals surface area contributed by atoms with E-state index < -0.39 is 11.3 Å². The summed E-state index contributed by atoms with van der Waals surface area (Å²) in [7, 11) is 0. The average Bonchev–Trinajstić information content (AvgIpc) is 2.90. The minimum atomic E-state index is -0.687. The van der Waals surface area contributed by atoms with Crippen molar-refractivity contribution in [3.05, 3.63) is 0 Å². The second-order valence-electron chi connectivity index (χ2n) is 14.2. The summed E-state index contributed by atoms with van der Waals surface area (Å²) in [5.74, 6) is 0.972. The van der Waals surface area contributed by atoms with Crippen LogP contribution in [0.4, 0.5) is 0 Å². The molecule has 2 spiro atoms. The van der Waals surface area contributed by atoms with Crippen molar-refractivity contribution in [2.75, 3.05) is 6.54 Å². The van der Waals surface area contributed by atoms with Crippen molar-refractivity contribution in [1.29, 1.82) is 0 Å². The number of carbonyl (C=O) groups excluding carboxylic acids is 1. The molecule has 1 amide bonds. The summed E-state index contributed by atoms with van der Waals surface area (Å²) < 4.78 is 7.35. The fourth-order valence-electron chi connectivity index (χ4n) is 8.46. The van der Waals surface area contributed by atoms with Crippen molar-refractivity contribution in [2.24, 2.45) is 5.92 Å². The molecule has 1 saturated carbocycles. The number of hydrogen-bond donors (Lipinski definition) is 0. The zero-order valence-corrected chi connectivity index (χ0v) is 24.7. The van der Waals surface area contributed by atoms with Crippen molar-refractivity contribution in [3.63, 3.8) is 0 Å². The Hall–Kier alpha value is -0.610. The predicted molar refractivity (Wildman–Crippen MR) is 147 cm³/mol. The van der Waals surface area contributed by atoms with E-state index in [9.17, 15) is 4.79 Å². The van der Waals surface area contributed by atoms with E-state index in [0.29, 0.717) is 17.9 Å². The van der Waals surface area contributed by atoms with E-state index in [4.69, 9.17) is 4.74 Å². The molecular formula is C31H58N2O2. The standard InChI is InChI=1S/C31H58N2O2/c1-25(2)19-18-22-32-27(34)30(23-28(5,6)33(26(3)4)29(7,8)24-30)35-31(32)20-16-14-12-10-9-11-13-15-17-21-31/h25-26H,9-24H2,1-8H3. The summed E-state index contributed by atoms with van der Waals surface area (Å²) in [4.78, 5) is 19.5. The molecule has 3 rings (SSSR count). The van der Waals surface area contributed by atoms with E-state index in [2.05, 4.69) is 65.2 Å². The van der Waals surface area contributed by atoms with Crippen molar-refractivity contribution in [2.45, 2.75) is 180 Å². The minimum absolute atomic E-state index is 0.0912. The normalized spacial score (nSPS) is 27.5. The maximum atomic E-state index is 14.5. The maximum absolute atomic E-state index is 14.5. The van der Waals surface area contributed by atoms with Gasteiger partial charge in [-0.1, -0.05) is 58.8 Å². The topological polar surface area (TPSA) is 32.8 Å². The summed E-state index contributed by atoms with van der Waals surface area (Å²) in [5.41, 5.74) is -1.27. The summed E-state index contributed by atoms with van der Waals surface area (Å²) in [6, 6.07) is 0.436. The summed E-state index contributed by atoms with van der Waals surface area (Å²) in [5, 5.41) is 0. The molecule has 3 fully saturated rings. The molecule has 0 atom stereocenters. The second-order valence-corrected chi connectivity index (χ2v) is 14.2. The third-order valence-electron chi connectivity index (χ3n) is 9.07. The fourth-order valence-corrected chi connectivity index (χ4v) is 8.46. The van der Waals surface area contributed by atoms with Crippen LogP contribution < -0.4 is 0 Å². The van der Waals surface area contributed by atoms with Crippen LogP contribution in [0.2, 0.25) is 0 Å². The molecule has 1 aliphatic carbocycles. The molecule has 0 aromatic carbocycles. The molecule has 3 aliphatic rings. The first-order valence-corrected chi connectivity index (χ1v) is 15.2. The Bertz CT molecular complexity index is 666. The lowest BCUT2D eigenvalue weighted by Crippen LogP contribution is -2.69. The molecule has 0 N–H and O–H groups in total. The van der Waals surface area contributed by atoms with Gasteiger partial charge in [-0.05, 0) is 86.0 Å². The molecule has 0 bridgehead atoms. The van der Waals surface area contributed by atoms with Gasteiger partial charge in [0.25, 0.3) is 5.91 Å². The molecular weight excluding hydrogens is 432 g/mol. The van der Waals surface area contributed by atoms with Gasteiger partial charge in [0.05, 0.1) is 0 Å². The minimum Gasteiger partial charge on any atom is -0.339 e. The first kappa shape index (κ1) is 29.0. The van der Waals surface area contributed by atoms with E-state index >= 15 is 0 Å². The zero-order valence-electron chi connectivity index (χ0n) is 24.7. The van der Waals surface area contributed by atoms with Gasteiger partial charge in [-0.2, -0.15) is 0 Å². The molecule has 2 heterocycles. The van der Waals surface area contributed by atoms with Crippen LogP contribution in [0, 0.1) is 5.92 Å². The molecule has 4 heteroatoms. The highest BCUT2D eigenvalue weighted by Crippen LogP contribution is 2.54. The quantitative estimate of drug-likeness (QED) is 0.390. The zero-order chi connectivity index (χ0) is 25.9. The van der Waals surface area contributed by atoms with Crippen LogP contribution in [0.15, 0.2) is 0 Å². The van der Waals surface area contributed by atoms with Gasteiger partial charge < -0.3 is 9.64 Å². The van der Waals surface area contributed by atoms with E-state index in [1.54, 1.807) is 0 Å². The summed E-state index contributed by atoms with van der Waals surface area (Å²) in [6.07, 6.45) is 17.5. The van der Waals surface area contributed by atoms with Crippen LogP contribution in [0.25, 0.3) is 0 Å². The van der Waals surface area contributed by atoms with Crippen LogP contribution in [0.1, 0.15) is 152 Å². The Morgan fingerprint density at radius 2 is 1.23 bits per heavy atom. The van der Waals surface area contributed by atoms with E-state index in [1.165, 1.54) is 64.2 Å². The van der Waals surface area contributed by atoms with Crippen LogP contribution in [0.5, 0.6) is 0 Å². The SMILES string of the molecule is CC(C)CCCN1C(=O)C2(CC(C)(C)N(C(C)C)C(C)(C)C2)OC12CCCCCCCCCCC2. The van der Waals surface area contributed by atoms with Gasteiger partial charge in [0.2, 0.25) is 0 Å². The van der Waals surface area contributed by atoms with Crippen molar-refractivity contribution in [3.8, 4) is 0 Å². The van der Waals surface area contributed by atoms with Gasteiger partial charge >= 0.3 is 0 Å². The Morgan fingerprint density at radius 3 is 1.66 bits per heavy atom. The first-order valence-electron chi connectivity index (χ1n) is 15.2. The first-order chi connectivity index (χ1) is 16.4. The second kappa shape index (κ2) is 11.4. The highest BCUT2D eigenvalue weighted by Gasteiger charge is 2.66. The predicted octanol–water partition coefficient (Wildman–Crippen LogP) is 8.08. The number of rotatable bonds is 5. The largest absolute Gasteiger partial charge is 0.339 e. The monoisotopic (exact) mass is 490 g/mol. The Morgan fingerprint density at radius 1 is 0.771 bits per heavy atom. The Balaban J connectivity index is 1.96. The van der Waals surface area contributed by atoms with Gasteiger partial charge in [0.15, 0.2) is 5.60 Å². The maximum Gasteiger partial charge on any atom is 0.257 e. The van der Waals surface area contributed by atoms with E-state index in [1.807, 2.05) is 0 Å². The molecule has 0 radical (unpaired) electrons. The number of ether oxygens (including phenoxy) is 1. The lowest BCUT2D eigenvalue weighted by atomic mass is 9.69. The lowest BCUT2D eigenvalue weighted by Gasteiger charge is -2.59. The third kappa shape index (κ3) is 6.46. The van der Waals surface area contributed by atoms with Crippen molar-refractivity contribution < 1.29 is 9.53 Å². The molecule has 0 aromatic heterocycles. The fraction of sp³-hybridized carbons (Fsp3) is 0.968. The van der Waals surface area contributed by atoms with Crippen LogP contribution in [-0.4, -0.2) is 50.7 Å². The molecule has 0 unspecified atom stereocenters. The molecule has 204 valence electrons. The number of likely N-dealkylation sites (tertiary alicyclic amines) is 1. The summed E-state index contributed by atoms with van der Waals surface area (Å²) in [6.45, 7) is 19.4. The number of piperidine rings is 1. The van der Waals surface area contributed by atoms with Gasteiger partial charge in [-0.25, -0.2) is 0 Å². The third-order valence-corrected chi connectivity index (χ3v) is 9.07. The number of carbonyl (C=O) groups is 1. The highest BCUT2D eigenvalue weighted by atomic mass is 16.6. The Kier molecular flexibility index (Phi) is 9.45. The molecule has 0 aromatic rings. The molecule has 2 aliphatic heterocycles. The van der Waals surface area contributed by atoms with Crippen LogP contribution >= 0.6 is 0 Å². The molecule has 35 heavy (non-hydrogen) atoms. The molecule has 2 saturated heterocycles. The smallest absolute Gasteiger partial charge is 0.257 e. The van der Waals surface area contributed by atoms with Crippen LogP contribution in [0.3, 0.4) is 0 Å². The van der Waals surface area contributed by atoms with Crippen LogP contribution in [-0.2, 0) is 9.53 Å². The number of hydrogen-bond acceptors (Lipinski definition) is 3. The van der Waals surface area contributed by atoms with Gasteiger partial charge in [0.1, 0.15) is 5.72 Å². The van der Waals surface area contributed by atoms with Gasteiger partial charge in [-0.3, -0.25) is 9.69 Å². The average molecular weight is 491 g/mol. The lowest BCUT2D eigenvalue weighted by molar-refractivity contribution is -0.204. The van der Waals surface area contributed by atoms with Gasteiger partial charge in [-0.15, -0.1) is 0 Å². The highest BCUT2D eigenvalue weighted by molar-refractivity contribution is 5.88. The van der Waals surface area contributed by atoms with E-state index in [0.717, 1.165) is 38.6 Å².